The van der Waals surface area contributed by atoms with Gasteiger partial charge in [0.15, 0.2) is 0 Å². The number of methoxy groups -OCH3 is 2. The third kappa shape index (κ3) is 6.40. The lowest BCUT2D eigenvalue weighted by Gasteiger charge is -2.15. The SMILES string of the molecule is COC(=O)c1cccc(CCCCCCC(C(=O)O)C(C)C)c1OC. The number of esters is 1. The molecular weight excluding hydrogens is 320 g/mol. The molecule has 25 heavy (non-hydrogen) atoms. The van der Waals surface area contributed by atoms with Gasteiger partial charge in [0, 0.05) is 0 Å². The number of ether oxygens (including phenoxy) is 2. The van der Waals surface area contributed by atoms with Gasteiger partial charge in [-0.3, -0.25) is 4.79 Å². The van der Waals surface area contributed by atoms with E-state index in [1.54, 1.807) is 13.2 Å². The molecule has 0 aliphatic heterocycles. The van der Waals surface area contributed by atoms with Gasteiger partial charge in [-0.2, -0.15) is 0 Å². The van der Waals surface area contributed by atoms with Crippen molar-refractivity contribution in [2.24, 2.45) is 11.8 Å². The van der Waals surface area contributed by atoms with Crippen LogP contribution >= 0.6 is 0 Å². The highest BCUT2D eigenvalue weighted by atomic mass is 16.5. The number of carboxylic acid groups (broad SMARTS) is 1. The van der Waals surface area contributed by atoms with Gasteiger partial charge in [0.05, 0.1) is 20.1 Å². The molecule has 0 fully saturated rings. The lowest BCUT2D eigenvalue weighted by molar-refractivity contribution is -0.143. The van der Waals surface area contributed by atoms with E-state index in [2.05, 4.69) is 0 Å². The van der Waals surface area contributed by atoms with Crippen LogP contribution in [0, 0.1) is 11.8 Å². The van der Waals surface area contributed by atoms with Crippen LogP contribution in [0.3, 0.4) is 0 Å². The van der Waals surface area contributed by atoms with E-state index in [0.29, 0.717) is 11.3 Å². The predicted molar refractivity (Wildman–Crippen MR) is 97.1 cm³/mol. The normalized spacial score (nSPS) is 12.0. The van der Waals surface area contributed by atoms with Crippen LogP contribution in [0.25, 0.3) is 0 Å². The minimum absolute atomic E-state index is 0.169. The standard InChI is InChI=1S/C20H30O5/c1-14(2)16(19(21)22)12-8-6-5-7-10-15-11-9-13-17(18(15)24-3)20(23)25-4/h9,11,13-14,16H,5-8,10,12H2,1-4H3,(H,21,22). The van der Waals surface area contributed by atoms with Gasteiger partial charge in [0.2, 0.25) is 0 Å². The molecular formula is C20H30O5. The van der Waals surface area contributed by atoms with E-state index >= 15 is 0 Å². The number of unbranched alkanes of at least 4 members (excludes halogenated alkanes) is 3. The largest absolute Gasteiger partial charge is 0.496 e. The summed E-state index contributed by atoms with van der Waals surface area (Å²) in [6.07, 6.45) is 5.48. The molecule has 0 aliphatic carbocycles. The zero-order valence-corrected chi connectivity index (χ0v) is 15.7. The summed E-state index contributed by atoms with van der Waals surface area (Å²) in [5, 5.41) is 9.19. The molecule has 1 aromatic rings. The van der Waals surface area contributed by atoms with Gasteiger partial charge in [-0.05, 0) is 36.8 Å². The molecule has 5 heteroatoms. The van der Waals surface area contributed by atoms with Gasteiger partial charge in [0.25, 0.3) is 0 Å². The lowest BCUT2D eigenvalue weighted by Crippen LogP contribution is -2.19. The van der Waals surface area contributed by atoms with Gasteiger partial charge in [-0.1, -0.05) is 45.2 Å². The summed E-state index contributed by atoms with van der Waals surface area (Å²) in [5.74, 6) is -0.591. The first kappa shape index (κ1) is 21.0. The van der Waals surface area contributed by atoms with Crippen molar-refractivity contribution in [2.45, 2.75) is 52.4 Å². The van der Waals surface area contributed by atoms with Gasteiger partial charge in [0.1, 0.15) is 11.3 Å². The first-order valence-corrected chi connectivity index (χ1v) is 8.89. The monoisotopic (exact) mass is 350 g/mol. The van der Waals surface area contributed by atoms with E-state index in [1.807, 2.05) is 26.0 Å². The zero-order chi connectivity index (χ0) is 18.8. The van der Waals surface area contributed by atoms with Crippen LogP contribution in [-0.4, -0.2) is 31.3 Å². The third-order valence-electron chi connectivity index (χ3n) is 4.54. The number of para-hydroxylation sites is 1. The average molecular weight is 350 g/mol. The molecule has 0 aliphatic rings. The molecule has 0 saturated carbocycles. The zero-order valence-electron chi connectivity index (χ0n) is 15.7. The molecule has 0 spiro atoms. The predicted octanol–water partition coefficient (Wildman–Crippen LogP) is 4.33. The fourth-order valence-corrected chi connectivity index (χ4v) is 3.07. The second kappa shape index (κ2) is 10.7. The molecule has 1 N–H and O–H groups in total. The van der Waals surface area contributed by atoms with Crippen LogP contribution in [0.15, 0.2) is 18.2 Å². The van der Waals surface area contributed by atoms with Crippen LogP contribution in [0.1, 0.15) is 61.9 Å². The molecule has 0 bridgehead atoms. The van der Waals surface area contributed by atoms with E-state index < -0.39 is 11.9 Å². The molecule has 1 rings (SSSR count). The summed E-state index contributed by atoms with van der Waals surface area (Å²) in [4.78, 5) is 23.0. The number of benzene rings is 1. The first-order valence-electron chi connectivity index (χ1n) is 8.89. The molecule has 1 unspecified atom stereocenters. The van der Waals surface area contributed by atoms with E-state index in [-0.39, 0.29) is 11.8 Å². The average Bonchev–Trinajstić information content (AvgIpc) is 2.59. The Hall–Kier alpha value is -2.04. The molecule has 5 nitrogen and oxygen atoms in total. The Morgan fingerprint density at radius 2 is 1.76 bits per heavy atom. The molecule has 0 saturated heterocycles. The maximum Gasteiger partial charge on any atom is 0.341 e. The van der Waals surface area contributed by atoms with Gasteiger partial charge in [-0.15, -0.1) is 0 Å². The second-order valence-electron chi connectivity index (χ2n) is 6.63. The number of hydrogen-bond donors (Lipinski definition) is 1. The quantitative estimate of drug-likeness (QED) is 0.475. The van der Waals surface area contributed by atoms with Crippen molar-refractivity contribution in [3.63, 3.8) is 0 Å². The van der Waals surface area contributed by atoms with Gasteiger partial charge >= 0.3 is 11.9 Å². The van der Waals surface area contributed by atoms with Crippen LogP contribution in [0.4, 0.5) is 0 Å². The van der Waals surface area contributed by atoms with E-state index in [9.17, 15) is 14.7 Å². The van der Waals surface area contributed by atoms with Crippen molar-refractivity contribution < 1.29 is 24.2 Å². The Bertz CT molecular complexity index is 565. The number of hydrogen-bond acceptors (Lipinski definition) is 4. The number of rotatable bonds is 11. The Morgan fingerprint density at radius 3 is 2.32 bits per heavy atom. The van der Waals surface area contributed by atoms with E-state index in [4.69, 9.17) is 9.47 Å². The minimum atomic E-state index is -0.695. The van der Waals surface area contributed by atoms with Crippen LogP contribution in [0.2, 0.25) is 0 Å². The summed E-state index contributed by atoms with van der Waals surface area (Å²) >= 11 is 0. The molecule has 140 valence electrons. The van der Waals surface area contributed by atoms with Crippen molar-refractivity contribution >= 4 is 11.9 Å². The van der Waals surface area contributed by atoms with Crippen molar-refractivity contribution in [1.29, 1.82) is 0 Å². The molecule has 0 amide bonds. The summed E-state index contributed by atoms with van der Waals surface area (Å²) in [6, 6.07) is 5.50. The Morgan fingerprint density at radius 1 is 1.08 bits per heavy atom. The highest BCUT2D eigenvalue weighted by Crippen LogP contribution is 2.26. The van der Waals surface area contributed by atoms with Crippen LogP contribution in [0.5, 0.6) is 5.75 Å². The Labute approximate surface area is 150 Å². The number of carbonyl (C=O) groups excluding carboxylic acids is 1. The molecule has 0 radical (unpaired) electrons. The summed E-state index contributed by atoms with van der Waals surface area (Å²) in [6.45, 7) is 3.92. The highest BCUT2D eigenvalue weighted by Gasteiger charge is 2.20. The fourth-order valence-electron chi connectivity index (χ4n) is 3.07. The number of aliphatic carboxylic acids is 1. The fraction of sp³-hybridized carbons (Fsp3) is 0.600. The molecule has 1 aromatic carbocycles. The van der Waals surface area contributed by atoms with E-state index in [0.717, 1.165) is 44.1 Å². The van der Waals surface area contributed by atoms with Crippen LogP contribution in [-0.2, 0) is 16.0 Å². The number of carbonyl (C=O) groups is 2. The van der Waals surface area contributed by atoms with Gasteiger partial charge in [-0.25, -0.2) is 4.79 Å². The maximum absolute atomic E-state index is 11.8. The maximum atomic E-state index is 11.8. The molecule has 0 heterocycles. The van der Waals surface area contributed by atoms with E-state index in [1.165, 1.54) is 7.11 Å². The summed E-state index contributed by atoms with van der Waals surface area (Å²) in [5.41, 5.74) is 1.44. The van der Waals surface area contributed by atoms with Crippen molar-refractivity contribution in [3.05, 3.63) is 29.3 Å². The summed E-state index contributed by atoms with van der Waals surface area (Å²) < 4.78 is 10.2. The minimum Gasteiger partial charge on any atom is -0.496 e. The second-order valence-corrected chi connectivity index (χ2v) is 6.63. The number of aryl methyl sites for hydroxylation is 1. The molecule has 0 aromatic heterocycles. The molecule has 1 atom stereocenters. The number of carboxylic acids is 1. The Balaban J connectivity index is 2.47. The lowest BCUT2D eigenvalue weighted by atomic mass is 9.90. The topological polar surface area (TPSA) is 72.8 Å². The smallest absolute Gasteiger partial charge is 0.341 e. The first-order chi connectivity index (χ1) is 11.9. The highest BCUT2D eigenvalue weighted by molar-refractivity contribution is 5.92. The van der Waals surface area contributed by atoms with Crippen molar-refractivity contribution in [2.75, 3.05) is 14.2 Å². The van der Waals surface area contributed by atoms with Crippen molar-refractivity contribution in [1.82, 2.24) is 0 Å². The Kier molecular flexibility index (Phi) is 9.03. The third-order valence-corrected chi connectivity index (χ3v) is 4.54. The van der Waals surface area contributed by atoms with Crippen molar-refractivity contribution in [3.8, 4) is 5.75 Å². The van der Waals surface area contributed by atoms with Gasteiger partial charge < -0.3 is 14.6 Å². The summed E-state index contributed by atoms with van der Waals surface area (Å²) in [7, 11) is 2.92. The van der Waals surface area contributed by atoms with Crippen LogP contribution < -0.4 is 4.74 Å².